The molecule has 2 heterocycles. The molecule has 0 spiro atoms. The van der Waals surface area contributed by atoms with E-state index in [4.69, 9.17) is 5.11 Å². The van der Waals surface area contributed by atoms with Gasteiger partial charge in [0.2, 0.25) is 0 Å². The molecule has 0 saturated carbocycles. The van der Waals surface area contributed by atoms with Crippen LogP contribution in [0.5, 0.6) is 0 Å². The van der Waals surface area contributed by atoms with Gasteiger partial charge in [-0.1, -0.05) is 25.1 Å². The first-order valence-corrected chi connectivity index (χ1v) is 7.80. The number of aromatic carboxylic acids is 1. The van der Waals surface area contributed by atoms with Crippen molar-refractivity contribution in [3.05, 3.63) is 64.0 Å². The second kappa shape index (κ2) is 5.93. The number of carbonyl (C=O) groups is 1. The van der Waals surface area contributed by atoms with Gasteiger partial charge >= 0.3 is 5.97 Å². The number of allylic oxidation sites excluding steroid dienone is 3. The van der Waals surface area contributed by atoms with Gasteiger partial charge in [0.1, 0.15) is 0 Å². The third kappa shape index (κ3) is 2.90. The summed E-state index contributed by atoms with van der Waals surface area (Å²) >= 11 is 3.61. The lowest BCUT2D eigenvalue weighted by Gasteiger charge is -2.24. The Balaban J connectivity index is 1.94. The van der Waals surface area contributed by atoms with Gasteiger partial charge in [0.15, 0.2) is 0 Å². The van der Waals surface area contributed by atoms with Crippen LogP contribution < -0.4 is 0 Å². The van der Waals surface area contributed by atoms with E-state index in [2.05, 4.69) is 44.9 Å². The summed E-state index contributed by atoms with van der Waals surface area (Å²) in [6, 6.07) is 6.74. The van der Waals surface area contributed by atoms with Crippen LogP contribution in [0.1, 0.15) is 29.3 Å². The van der Waals surface area contributed by atoms with Crippen LogP contribution >= 0.6 is 15.9 Å². The SMILES string of the molecule is CC1C=C(Br)N2C=C(c3ccc(C(=O)O)cc3)N=CC2=CC1. The van der Waals surface area contributed by atoms with Gasteiger partial charge in [-0.3, -0.25) is 4.99 Å². The Morgan fingerprint density at radius 3 is 2.77 bits per heavy atom. The summed E-state index contributed by atoms with van der Waals surface area (Å²) in [7, 11) is 0. The number of hydrogen-bond acceptors (Lipinski definition) is 3. The summed E-state index contributed by atoms with van der Waals surface area (Å²) in [6.45, 7) is 2.17. The molecule has 5 heteroatoms. The minimum absolute atomic E-state index is 0.273. The van der Waals surface area contributed by atoms with Crippen molar-refractivity contribution in [2.24, 2.45) is 10.9 Å². The average molecular weight is 359 g/mol. The number of benzene rings is 1. The molecular formula is C17H15BrN2O2. The van der Waals surface area contributed by atoms with Gasteiger partial charge in [0.05, 0.1) is 27.8 Å². The Hall–Kier alpha value is -2.14. The number of nitrogens with zero attached hydrogens (tertiary/aromatic N) is 2. The smallest absolute Gasteiger partial charge is 0.335 e. The van der Waals surface area contributed by atoms with E-state index in [1.54, 1.807) is 24.3 Å². The molecule has 4 nitrogen and oxygen atoms in total. The van der Waals surface area contributed by atoms with Crippen LogP contribution in [0.25, 0.3) is 5.70 Å². The zero-order valence-electron chi connectivity index (χ0n) is 12.0. The number of hydrogen-bond donors (Lipinski definition) is 1. The number of carboxylic acids is 1. The highest BCUT2D eigenvalue weighted by molar-refractivity contribution is 9.11. The molecule has 0 bridgehead atoms. The van der Waals surface area contributed by atoms with Crippen LogP contribution in [0.3, 0.4) is 0 Å². The van der Waals surface area contributed by atoms with Gasteiger partial charge in [-0.2, -0.15) is 0 Å². The predicted molar refractivity (Wildman–Crippen MR) is 90.6 cm³/mol. The lowest BCUT2D eigenvalue weighted by Crippen LogP contribution is -2.17. The largest absolute Gasteiger partial charge is 0.478 e. The summed E-state index contributed by atoms with van der Waals surface area (Å²) in [4.78, 5) is 17.5. The maximum absolute atomic E-state index is 10.9. The fourth-order valence-corrected chi connectivity index (χ4v) is 3.14. The molecule has 0 aliphatic carbocycles. The third-order valence-electron chi connectivity index (χ3n) is 3.64. The number of halogens is 1. The Morgan fingerprint density at radius 2 is 2.09 bits per heavy atom. The molecule has 0 amide bonds. The Labute approximate surface area is 137 Å². The summed E-state index contributed by atoms with van der Waals surface area (Å²) < 4.78 is 0.995. The molecule has 0 radical (unpaired) electrons. The minimum atomic E-state index is -0.926. The topological polar surface area (TPSA) is 52.9 Å². The summed E-state index contributed by atoms with van der Waals surface area (Å²) in [5, 5.41) is 8.96. The van der Waals surface area contributed by atoms with Crippen LogP contribution in [-0.2, 0) is 0 Å². The molecule has 1 aromatic carbocycles. The van der Waals surface area contributed by atoms with Gasteiger partial charge < -0.3 is 10.0 Å². The Bertz CT molecular complexity index is 730. The highest BCUT2D eigenvalue weighted by Crippen LogP contribution is 2.31. The average Bonchev–Trinajstić information content (AvgIpc) is 2.66. The molecule has 0 saturated heterocycles. The molecule has 1 N–H and O–H groups in total. The van der Waals surface area contributed by atoms with Crippen molar-refractivity contribution < 1.29 is 9.90 Å². The van der Waals surface area contributed by atoms with Gasteiger partial charge in [-0.25, -0.2) is 4.79 Å². The van der Waals surface area contributed by atoms with Crippen molar-refractivity contribution in [2.45, 2.75) is 13.3 Å². The van der Waals surface area contributed by atoms with Crippen LogP contribution in [0.4, 0.5) is 0 Å². The van der Waals surface area contributed by atoms with Gasteiger partial charge in [-0.05, 0) is 46.5 Å². The normalized spacial score (nSPS) is 20.5. The Kier molecular flexibility index (Phi) is 3.98. The molecule has 2 aliphatic heterocycles. The second-order valence-corrected chi connectivity index (χ2v) is 6.17. The summed E-state index contributed by atoms with van der Waals surface area (Å²) in [5.74, 6) is -0.461. The fraction of sp³-hybridized carbons (Fsp3) is 0.176. The minimum Gasteiger partial charge on any atom is -0.478 e. The first kappa shape index (κ1) is 14.8. The molecule has 0 aromatic heterocycles. The molecule has 1 aromatic rings. The quantitative estimate of drug-likeness (QED) is 0.804. The molecular weight excluding hydrogens is 344 g/mol. The molecule has 2 aliphatic rings. The maximum Gasteiger partial charge on any atom is 0.335 e. The van der Waals surface area contributed by atoms with E-state index in [9.17, 15) is 4.79 Å². The zero-order chi connectivity index (χ0) is 15.7. The molecule has 1 unspecified atom stereocenters. The van der Waals surface area contributed by atoms with Gasteiger partial charge in [0.25, 0.3) is 0 Å². The molecule has 22 heavy (non-hydrogen) atoms. The molecule has 0 fully saturated rings. The third-order valence-corrected chi connectivity index (χ3v) is 4.29. The number of aliphatic imine (C=N–C) groups is 1. The summed E-state index contributed by atoms with van der Waals surface area (Å²) in [6.07, 6.45) is 9.11. The summed E-state index contributed by atoms with van der Waals surface area (Å²) in [5.41, 5.74) is 3.00. The number of rotatable bonds is 2. The van der Waals surface area contributed by atoms with Crippen LogP contribution in [-0.4, -0.2) is 22.2 Å². The first-order chi connectivity index (χ1) is 10.5. The van der Waals surface area contributed by atoms with Crippen molar-refractivity contribution in [1.82, 2.24) is 4.90 Å². The predicted octanol–water partition coefficient (Wildman–Crippen LogP) is 4.23. The van der Waals surface area contributed by atoms with E-state index >= 15 is 0 Å². The first-order valence-electron chi connectivity index (χ1n) is 7.01. The molecule has 1 atom stereocenters. The van der Waals surface area contributed by atoms with Crippen LogP contribution in [0, 0.1) is 5.92 Å². The van der Waals surface area contributed by atoms with Crippen molar-refractivity contribution in [3.63, 3.8) is 0 Å². The fourth-order valence-electron chi connectivity index (χ4n) is 2.39. The van der Waals surface area contributed by atoms with E-state index in [-0.39, 0.29) is 5.56 Å². The van der Waals surface area contributed by atoms with Crippen LogP contribution in [0.2, 0.25) is 0 Å². The monoisotopic (exact) mass is 358 g/mol. The second-order valence-electron chi connectivity index (χ2n) is 5.36. The zero-order valence-corrected chi connectivity index (χ0v) is 13.6. The van der Waals surface area contributed by atoms with Crippen molar-refractivity contribution >= 4 is 33.8 Å². The van der Waals surface area contributed by atoms with E-state index in [0.29, 0.717) is 5.92 Å². The molecule has 112 valence electrons. The van der Waals surface area contributed by atoms with E-state index in [1.165, 1.54) is 0 Å². The highest BCUT2D eigenvalue weighted by Gasteiger charge is 2.19. The van der Waals surface area contributed by atoms with Gasteiger partial charge in [-0.15, -0.1) is 0 Å². The van der Waals surface area contributed by atoms with Crippen LogP contribution in [0.15, 0.2) is 57.9 Å². The van der Waals surface area contributed by atoms with E-state index < -0.39 is 5.97 Å². The Morgan fingerprint density at radius 1 is 1.36 bits per heavy atom. The molecule has 3 rings (SSSR count). The maximum atomic E-state index is 10.9. The number of fused-ring (bicyclic) bond motifs is 1. The van der Waals surface area contributed by atoms with Crippen molar-refractivity contribution in [3.8, 4) is 0 Å². The van der Waals surface area contributed by atoms with Crippen molar-refractivity contribution in [1.29, 1.82) is 0 Å². The van der Waals surface area contributed by atoms with Crippen molar-refractivity contribution in [2.75, 3.05) is 0 Å². The standard InChI is InChI=1S/C17H15BrN2O2/c1-11-2-7-14-9-19-15(10-20(14)16(18)8-11)12-3-5-13(6-4-12)17(21)22/h3-11H,2H2,1H3,(H,21,22). The lowest BCUT2D eigenvalue weighted by molar-refractivity contribution is 0.0697. The highest BCUT2D eigenvalue weighted by atomic mass is 79.9. The van der Waals surface area contributed by atoms with Gasteiger partial charge in [0, 0.05) is 11.8 Å². The van der Waals surface area contributed by atoms with E-state index in [1.807, 2.05) is 12.4 Å². The van der Waals surface area contributed by atoms with E-state index in [0.717, 1.165) is 28.0 Å². The number of carboxylic acid groups (broad SMARTS) is 1. The lowest BCUT2D eigenvalue weighted by atomic mass is 10.1.